The first-order chi connectivity index (χ1) is 9.45. The first-order valence-electron chi connectivity index (χ1n) is 6.95. The van der Waals surface area contributed by atoms with Gasteiger partial charge in [-0.3, -0.25) is 0 Å². The number of piperazine rings is 1. The average molecular weight is 278 g/mol. The molecule has 0 atom stereocenters. The Morgan fingerprint density at radius 2 is 2.30 bits per heavy atom. The van der Waals surface area contributed by atoms with Gasteiger partial charge in [0.25, 0.3) is 0 Å². The van der Waals surface area contributed by atoms with Gasteiger partial charge in [0, 0.05) is 31.4 Å². The molecule has 6 nitrogen and oxygen atoms in total. The highest BCUT2D eigenvalue weighted by molar-refractivity contribution is 5.90. The third kappa shape index (κ3) is 2.90. The van der Waals surface area contributed by atoms with E-state index in [1.54, 1.807) is 13.1 Å². The molecule has 0 bridgehead atoms. The van der Waals surface area contributed by atoms with Crippen molar-refractivity contribution in [1.82, 2.24) is 15.3 Å². The number of carbonyl (C=O) groups excluding carboxylic acids is 1. The standard InChI is InChI=1S/C14H22N4O2/c1-5-20-12(19)11-8-16-13(17-10(11)2)18-7-6-15-9-14(18,3)4/h8,15H,5-7,9H2,1-4H3. The molecule has 1 aromatic heterocycles. The summed E-state index contributed by atoms with van der Waals surface area (Å²) in [4.78, 5) is 22.8. The summed E-state index contributed by atoms with van der Waals surface area (Å²) in [7, 11) is 0. The largest absolute Gasteiger partial charge is 0.462 e. The van der Waals surface area contributed by atoms with Gasteiger partial charge >= 0.3 is 5.97 Å². The number of nitrogens with one attached hydrogen (secondary N) is 1. The minimum Gasteiger partial charge on any atom is -0.462 e. The monoisotopic (exact) mass is 278 g/mol. The van der Waals surface area contributed by atoms with Crippen molar-refractivity contribution in [3.05, 3.63) is 17.5 Å². The van der Waals surface area contributed by atoms with Crippen LogP contribution in [0.3, 0.4) is 0 Å². The third-order valence-electron chi connectivity index (χ3n) is 3.50. The molecule has 0 amide bonds. The van der Waals surface area contributed by atoms with Crippen molar-refractivity contribution in [2.75, 3.05) is 31.1 Å². The molecule has 0 spiro atoms. The quantitative estimate of drug-likeness (QED) is 0.837. The summed E-state index contributed by atoms with van der Waals surface area (Å²) in [5, 5.41) is 3.36. The van der Waals surface area contributed by atoms with Gasteiger partial charge in [0.2, 0.25) is 5.95 Å². The lowest BCUT2D eigenvalue weighted by atomic mass is 10.0. The molecule has 0 radical (unpaired) electrons. The fourth-order valence-electron chi connectivity index (χ4n) is 2.35. The molecule has 0 unspecified atom stereocenters. The molecule has 0 saturated carbocycles. The number of aryl methyl sites for hydroxylation is 1. The van der Waals surface area contributed by atoms with E-state index in [0.717, 1.165) is 19.6 Å². The molecule has 20 heavy (non-hydrogen) atoms. The Balaban J connectivity index is 2.26. The van der Waals surface area contributed by atoms with Gasteiger partial charge in [0.1, 0.15) is 0 Å². The molecule has 2 heterocycles. The minimum absolute atomic E-state index is 0.0455. The van der Waals surface area contributed by atoms with Crippen molar-refractivity contribution in [3.63, 3.8) is 0 Å². The molecule has 1 aliphatic heterocycles. The zero-order chi connectivity index (χ0) is 14.8. The molecule has 1 fully saturated rings. The van der Waals surface area contributed by atoms with Crippen molar-refractivity contribution in [2.24, 2.45) is 0 Å². The summed E-state index contributed by atoms with van der Waals surface area (Å²) >= 11 is 0. The van der Waals surface area contributed by atoms with E-state index in [-0.39, 0.29) is 11.5 Å². The Bertz CT molecular complexity index is 502. The van der Waals surface area contributed by atoms with Gasteiger partial charge in [0.05, 0.1) is 17.9 Å². The highest BCUT2D eigenvalue weighted by atomic mass is 16.5. The van der Waals surface area contributed by atoms with Gasteiger partial charge in [-0.05, 0) is 27.7 Å². The van der Waals surface area contributed by atoms with E-state index in [2.05, 4.69) is 34.0 Å². The number of hydrogen-bond donors (Lipinski definition) is 1. The Hall–Kier alpha value is -1.69. The van der Waals surface area contributed by atoms with Crippen LogP contribution in [0.5, 0.6) is 0 Å². The van der Waals surface area contributed by atoms with Crippen LogP contribution >= 0.6 is 0 Å². The van der Waals surface area contributed by atoms with Crippen molar-refractivity contribution in [3.8, 4) is 0 Å². The number of ether oxygens (including phenoxy) is 1. The van der Waals surface area contributed by atoms with Crippen LogP contribution in [0.25, 0.3) is 0 Å². The van der Waals surface area contributed by atoms with Crippen LogP contribution in [0.1, 0.15) is 36.8 Å². The Labute approximate surface area is 119 Å². The summed E-state index contributed by atoms with van der Waals surface area (Å²) in [6.07, 6.45) is 1.56. The highest BCUT2D eigenvalue weighted by Gasteiger charge is 2.31. The second-order valence-electron chi connectivity index (χ2n) is 5.53. The molecule has 0 aromatic carbocycles. The summed E-state index contributed by atoms with van der Waals surface area (Å²) in [6, 6.07) is 0. The maximum absolute atomic E-state index is 11.8. The molecule has 1 aromatic rings. The Kier molecular flexibility index (Phi) is 4.23. The van der Waals surface area contributed by atoms with Gasteiger partial charge in [0.15, 0.2) is 0 Å². The Morgan fingerprint density at radius 3 is 2.90 bits per heavy atom. The predicted molar refractivity (Wildman–Crippen MR) is 77.0 cm³/mol. The molecule has 2 rings (SSSR count). The van der Waals surface area contributed by atoms with E-state index < -0.39 is 0 Å². The number of carbonyl (C=O) groups is 1. The molecule has 6 heteroatoms. The normalized spacial score (nSPS) is 17.9. The third-order valence-corrected chi connectivity index (χ3v) is 3.50. The lowest BCUT2D eigenvalue weighted by Crippen LogP contribution is -2.58. The van der Waals surface area contributed by atoms with E-state index in [0.29, 0.717) is 23.8 Å². The summed E-state index contributed by atoms with van der Waals surface area (Å²) in [5.41, 5.74) is 1.04. The zero-order valence-corrected chi connectivity index (χ0v) is 12.6. The van der Waals surface area contributed by atoms with Crippen molar-refractivity contribution >= 4 is 11.9 Å². The lowest BCUT2D eigenvalue weighted by Gasteiger charge is -2.42. The van der Waals surface area contributed by atoms with Crippen LogP contribution in [-0.4, -0.2) is 47.7 Å². The second-order valence-corrected chi connectivity index (χ2v) is 5.53. The maximum atomic E-state index is 11.8. The van der Waals surface area contributed by atoms with Gasteiger partial charge < -0.3 is 15.0 Å². The van der Waals surface area contributed by atoms with Crippen LogP contribution in [0.15, 0.2) is 6.20 Å². The average Bonchev–Trinajstić information content (AvgIpc) is 2.38. The van der Waals surface area contributed by atoms with Crippen LogP contribution in [0, 0.1) is 6.92 Å². The smallest absolute Gasteiger partial charge is 0.341 e. The van der Waals surface area contributed by atoms with E-state index in [1.807, 2.05) is 6.92 Å². The molecular formula is C14H22N4O2. The topological polar surface area (TPSA) is 67.3 Å². The summed E-state index contributed by atoms with van der Waals surface area (Å²) < 4.78 is 4.99. The van der Waals surface area contributed by atoms with Gasteiger partial charge in [-0.1, -0.05) is 0 Å². The van der Waals surface area contributed by atoms with Gasteiger partial charge in [-0.15, -0.1) is 0 Å². The van der Waals surface area contributed by atoms with Crippen LogP contribution < -0.4 is 10.2 Å². The van der Waals surface area contributed by atoms with Crippen LogP contribution in [-0.2, 0) is 4.74 Å². The number of nitrogens with zero attached hydrogens (tertiary/aromatic N) is 3. The summed E-state index contributed by atoms with van der Waals surface area (Å²) in [5.74, 6) is 0.304. The number of esters is 1. The molecular weight excluding hydrogens is 256 g/mol. The van der Waals surface area contributed by atoms with Crippen molar-refractivity contribution in [2.45, 2.75) is 33.2 Å². The number of anilines is 1. The van der Waals surface area contributed by atoms with E-state index in [1.165, 1.54) is 0 Å². The zero-order valence-electron chi connectivity index (χ0n) is 12.6. The number of hydrogen-bond acceptors (Lipinski definition) is 6. The molecule has 1 saturated heterocycles. The van der Waals surface area contributed by atoms with Crippen molar-refractivity contribution < 1.29 is 9.53 Å². The fourth-order valence-corrected chi connectivity index (χ4v) is 2.35. The molecule has 1 aliphatic rings. The maximum Gasteiger partial charge on any atom is 0.341 e. The second kappa shape index (κ2) is 5.75. The number of rotatable bonds is 3. The van der Waals surface area contributed by atoms with E-state index >= 15 is 0 Å². The molecule has 110 valence electrons. The minimum atomic E-state index is -0.365. The van der Waals surface area contributed by atoms with Crippen LogP contribution in [0.4, 0.5) is 5.95 Å². The number of aromatic nitrogens is 2. The summed E-state index contributed by atoms with van der Waals surface area (Å²) in [6.45, 7) is 10.9. The first kappa shape index (κ1) is 14.7. The molecule has 1 N–H and O–H groups in total. The van der Waals surface area contributed by atoms with Crippen molar-refractivity contribution in [1.29, 1.82) is 0 Å². The molecule has 0 aliphatic carbocycles. The first-order valence-corrected chi connectivity index (χ1v) is 6.95. The SMILES string of the molecule is CCOC(=O)c1cnc(N2CCNCC2(C)C)nc1C. The lowest BCUT2D eigenvalue weighted by molar-refractivity contribution is 0.0524. The van der Waals surface area contributed by atoms with E-state index in [9.17, 15) is 4.79 Å². The highest BCUT2D eigenvalue weighted by Crippen LogP contribution is 2.22. The van der Waals surface area contributed by atoms with Gasteiger partial charge in [-0.25, -0.2) is 14.8 Å². The Morgan fingerprint density at radius 1 is 1.55 bits per heavy atom. The van der Waals surface area contributed by atoms with E-state index in [4.69, 9.17) is 4.74 Å². The van der Waals surface area contributed by atoms with Crippen LogP contribution in [0.2, 0.25) is 0 Å². The fraction of sp³-hybridized carbons (Fsp3) is 0.643. The predicted octanol–water partition coefficient (Wildman–Crippen LogP) is 1.15. The van der Waals surface area contributed by atoms with Gasteiger partial charge in [-0.2, -0.15) is 0 Å².